The number of unbranched alkanes of at least 4 members (excludes halogenated alkanes) is 1. The van der Waals surface area contributed by atoms with Crippen LogP contribution in [0.1, 0.15) is 26.2 Å². The molecule has 0 aliphatic carbocycles. The van der Waals surface area contributed by atoms with E-state index >= 15 is 0 Å². The average molecular weight is 188 g/mol. The van der Waals surface area contributed by atoms with Crippen LogP contribution in [0.25, 0.3) is 0 Å². The van der Waals surface area contributed by atoms with Crippen molar-refractivity contribution in [1.29, 1.82) is 0 Å². The Morgan fingerprint density at radius 3 is 2.54 bits per heavy atom. The van der Waals surface area contributed by atoms with E-state index in [9.17, 15) is 5.11 Å². The van der Waals surface area contributed by atoms with Crippen LogP contribution < -0.4 is 5.32 Å². The van der Waals surface area contributed by atoms with E-state index < -0.39 is 0 Å². The van der Waals surface area contributed by atoms with Gasteiger partial charge in [-0.25, -0.2) is 0 Å². The van der Waals surface area contributed by atoms with Crippen molar-refractivity contribution in [3.8, 4) is 0 Å². The van der Waals surface area contributed by atoms with E-state index in [0.717, 1.165) is 26.1 Å². The minimum atomic E-state index is -0.172. The number of nitrogens with one attached hydrogen (secondary N) is 1. The summed E-state index contributed by atoms with van der Waals surface area (Å²) in [6.07, 6.45) is 3.08. The van der Waals surface area contributed by atoms with Gasteiger partial charge in [0.15, 0.2) is 0 Å². The lowest BCUT2D eigenvalue weighted by Crippen LogP contribution is -2.27. The van der Waals surface area contributed by atoms with E-state index in [0.29, 0.717) is 0 Å². The fourth-order valence-corrected chi connectivity index (χ4v) is 1.09. The third-order valence-corrected chi connectivity index (χ3v) is 2.06. The van der Waals surface area contributed by atoms with Crippen LogP contribution in [0, 0.1) is 0 Å². The molecule has 0 aliphatic rings. The fraction of sp³-hybridized carbons (Fsp3) is 1.00. The summed E-state index contributed by atoms with van der Waals surface area (Å²) in [4.78, 5) is 2.20. The standard InChI is InChI=1S/C10H24N2O/c1-4-10(13)9-11-7-5-6-8-12(2)3/h10-11,13H,4-9H2,1-3H3. The van der Waals surface area contributed by atoms with Crippen LogP contribution in [-0.2, 0) is 0 Å². The Labute approximate surface area is 82.1 Å². The maximum absolute atomic E-state index is 9.23. The lowest BCUT2D eigenvalue weighted by atomic mass is 10.2. The zero-order valence-corrected chi connectivity index (χ0v) is 9.21. The van der Waals surface area contributed by atoms with Crippen molar-refractivity contribution >= 4 is 0 Å². The van der Waals surface area contributed by atoms with Gasteiger partial charge in [0.1, 0.15) is 0 Å². The number of rotatable bonds is 8. The first-order chi connectivity index (χ1) is 6.16. The van der Waals surface area contributed by atoms with Gasteiger partial charge in [-0.05, 0) is 46.4 Å². The summed E-state index contributed by atoms with van der Waals surface area (Å²) < 4.78 is 0. The van der Waals surface area contributed by atoms with Crippen molar-refractivity contribution in [2.45, 2.75) is 32.3 Å². The quantitative estimate of drug-likeness (QED) is 0.550. The summed E-state index contributed by atoms with van der Waals surface area (Å²) in [5, 5.41) is 12.5. The molecular weight excluding hydrogens is 164 g/mol. The normalized spacial score (nSPS) is 13.6. The van der Waals surface area contributed by atoms with E-state index in [1.807, 2.05) is 6.92 Å². The zero-order chi connectivity index (χ0) is 10.1. The van der Waals surface area contributed by atoms with Crippen molar-refractivity contribution in [1.82, 2.24) is 10.2 Å². The zero-order valence-electron chi connectivity index (χ0n) is 9.21. The number of hydrogen-bond donors (Lipinski definition) is 2. The van der Waals surface area contributed by atoms with Crippen LogP contribution in [-0.4, -0.2) is 49.8 Å². The number of hydrogen-bond acceptors (Lipinski definition) is 3. The van der Waals surface area contributed by atoms with Crippen LogP contribution in [0.15, 0.2) is 0 Å². The molecule has 3 heteroatoms. The van der Waals surface area contributed by atoms with Crippen molar-refractivity contribution in [2.75, 3.05) is 33.7 Å². The lowest BCUT2D eigenvalue weighted by molar-refractivity contribution is 0.167. The highest BCUT2D eigenvalue weighted by atomic mass is 16.3. The van der Waals surface area contributed by atoms with E-state index in [-0.39, 0.29) is 6.10 Å². The van der Waals surface area contributed by atoms with Gasteiger partial charge < -0.3 is 15.3 Å². The predicted octanol–water partition coefficient (Wildman–Crippen LogP) is 0.689. The molecule has 0 aromatic carbocycles. The van der Waals surface area contributed by atoms with Gasteiger partial charge in [0.2, 0.25) is 0 Å². The topological polar surface area (TPSA) is 35.5 Å². The van der Waals surface area contributed by atoms with Gasteiger partial charge in [0, 0.05) is 6.54 Å². The third-order valence-electron chi connectivity index (χ3n) is 2.06. The maximum atomic E-state index is 9.23. The molecule has 0 saturated carbocycles. The molecule has 0 bridgehead atoms. The molecule has 0 aromatic rings. The van der Waals surface area contributed by atoms with E-state index in [1.54, 1.807) is 0 Å². The first-order valence-corrected chi connectivity index (χ1v) is 5.20. The third kappa shape index (κ3) is 9.80. The molecular formula is C10H24N2O. The van der Waals surface area contributed by atoms with Gasteiger partial charge in [-0.15, -0.1) is 0 Å². The Hall–Kier alpha value is -0.120. The van der Waals surface area contributed by atoms with Gasteiger partial charge in [0.05, 0.1) is 6.10 Å². The van der Waals surface area contributed by atoms with Crippen molar-refractivity contribution in [3.05, 3.63) is 0 Å². The second-order valence-electron chi connectivity index (χ2n) is 3.78. The molecule has 0 heterocycles. The molecule has 3 nitrogen and oxygen atoms in total. The molecule has 1 atom stereocenters. The van der Waals surface area contributed by atoms with Crippen LogP contribution in [0.2, 0.25) is 0 Å². The predicted molar refractivity (Wildman–Crippen MR) is 57.0 cm³/mol. The Morgan fingerprint density at radius 1 is 1.31 bits per heavy atom. The molecule has 0 radical (unpaired) electrons. The van der Waals surface area contributed by atoms with Crippen LogP contribution in [0.3, 0.4) is 0 Å². The summed E-state index contributed by atoms with van der Waals surface area (Å²) in [6.45, 7) is 4.90. The molecule has 13 heavy (non-hydrogen) atoms. The highest BCUT2D eigenvalue weighted by molar-refractivity contribution is 4.57. The highest BCUT2D eigenvalue weighted by Gasteiger charge is 1.98. The number of nitrogens with zero attached hydrogens (tertiary/aromatic N) is 1. The second kappa shape index (κ2) is 8.48. The van der Waals surface area contributed by atoms with E-state index in [4.69, 9.17) is 0 Å². The number of aliphatic hydroxyl groups excluding tert-OH is 1. The summed E-state index contributed by atoms with van der Waals surface area (Å²) >= 11 is 0. The van der Waals surface area contributed by atoms with Crippen molar-refractivity contribution < 1.29 is 5.11 Å². The molecule has 0 spiro atoms. The van der Waals surface area contributed by atoms with Gasteiger partial charge >= 0.3 is 0 Å². The molecule has 0 aromatic heterocycles. The Morgan fingerprint density at radius 2 is 2.00 bits per heavy atom. The van der Waals surface area contributed by atoms with Gasteiger partial charge in [-0.2, -0.15) is 0 Å². The van der Waals surface area contributed by atoms with Crippen LogP contribution in [0.5, 0.6) is 0 Å². The Bertz CT molecular complexity index is 107. The van der Waals surface area contributed by atoms with Crippen molar-refractivity contribution in [3.63, 3.8) is 0 Å². The van der Waals surface area contributed by atoms with Crippen LogP contribution >= 0.6 is 0 Å². The second-order valence-corrected chi connectivity index (χ2v) is 3.78. The van der Waals surface area contributed by atoms with Gasteiger partial charge in [-0.3, -0.25) is 0 Å². The first-order valence-electron chi connectivity index (χ1n) is 5.20. The lowest BCUT2D eigenvalue weighted by Gasteiger charge is -2.11. The first kappa shape index (κ1) is 12.9. The number of aliphatic hydroxyl groups is 1. The van der Waals surface area contributed by atoms with E-state index in [1.165, 1.54) is 12.8 Å². The molecule has 0 amide bonds. The van der Waals surface area contributed by atoms with Gasteiger partial charge in [-0.1, -0.05) is 6.92 Å². The van der Waals surface area contributed by atoms with Gasteiger partial charge in [0.25, 0.3) is 0 Å². The highest BCUT2D eigenvalue weighted by Crippen LogP contribution is 1.90. The molecule has 0 rings (SSSR count). The average Bonchev–Trinajstić information content (AvgIpc) is 2.10. The summed E-state index contributed by atoms with van der Waals surface area (Å²) in [5.41, 5.74) is 0. The molecule has 0 fully saturated rings. The molecule has 80 valence electrons. The molecule has 0 saturated heterocycles. The molecule has 2 N–H and O–H groups in total. The fourth-order valence-electron chi connectivity index (χ4n) is 1.09. The minimum absolute atomic E-state index is 0.172. The van der Waals surface area contributed by atoms with Crippen molar-refractivity contribution in [2.24, 2.45) is 0 Å². The summed E-state index contributed by atoms with van der Waals surface area (Å²) in [5.74, 6) is 0. The van der Waals surface area contributed by atoms with E-state index in [2.05, 4.69) is 24.3 Å². The maximum Gasteiger partial charge on any atom is 0.0662 e. The van der Waals surface area contributed by atoms with Crippen LogP contribution in [0.4, 0.5) is 0 Å². The largest absolute Gasteiger partial charge is 0.392 e. The molecule has 1 unspecified atom stereocenters. The SMILES string of the molecule is CCC(O)CNCCCCN(C)C. The smallest absolute Gasteiger partial charge is 0.0662 e. The molecule has 0 aliphatic heterocycles. The Balaban J connectivity index is 2.99. The Kier molecular flexibility index (Phi) is 8.40. The summed E-state index contributed by atoms with van der Waals surface area (Å²) in [7, 11) is 4.18. The minimum Gasteiger partial charge on any atom is -0.392 e. The summed E-state index contributed by atoms with van der Waals surface area (Å²) in [6, 6.07) is 0. The monoisotopic (exact) mass is 188 g/mol.